The first kappa shape index (κ1) is 13.7. The molecule has 2 nitrogen and oxygen atoms in total. The highest BCUT2D eigenvalue weighted by molar-refractivity contribution is 7.14. The van der Waals surface area contributed by atoms with Gasteiger partial charge in [-0.2, -0.15) is 0 Å². The van der Waals surface area contributed by atoms with E-state index in [1.165, 1.54) is 33.9 Å². The van der Waals surface area contributed by atoms with Gasteiger partial charge in [0.1, 0.15) is 5.82 Å². The summed E-state index contributed by atoms with van der Waals surface area (Å²) < 4.78 is 13.0. The fraction of sp³-hybridized carbons (Fsp3) is 0.267. The fourth-order valence-corrected chi connectivity index (χ4v) is 2.94. The maximum Gasteiger partial charge on any atom is 0.265 e. The van der Waals surface area contributed by atoms with Crippen LogP contribution in [0, 0.1) is 19.7 Å². The molecule has 0 aliphatic carbocycles. The summed E-state index contributed by atoms with van der Waals surface area (Å²) >= 11 is 1.49. The molecule has 0 bridgehead atoms. The minimum Gasteiger partial charge on any atom is -0.321 e. The number of rotatable bonds is 3. The van der Waals surface area contributed by atoms with Gasteiger partial charge in [0.15, 0.2) is 0 Å². The zero-order valence-corrected chi connectivity index (χ0v) is 12.0. The van der Waals surface area contributed by atoms with Crippen LogP contribution in [-0.4, -0.2) is 5.91 Å². The molecular weight excluding hydrogens is 261 g/mol. The van der Waals surface area contributed by atoms with Gasteiger partial charge in [-0.15, -0.1) is 11.3 Å². The van der Waals surface area contributed by atoms with Crippen molar-refractivity contribution in [2.24, 2.45) is 0 Å². The number of benzene rings is 1. The van der Waals surface area contributed by atoms with Crippen LogP contribution in [0.5, 0.6) is 0 Å². The molecule has 0 atom stereocenters. The van der Waals surface area contributed by atoms with Crippen LogP contribution in [0.4, 0.5) is 10.1 Å². The molecule has 2 aromatic rings. The number of thiophene rings is 1. The third-order valence-corrected chi connectivity index (χ3v) is 4.15. The molecule has 0 saturated carbocycles. The fourth-order valence-electron chi connectivity index (χ4n) is 1.93. The van der Waals surface area contributed by atoms with Gasteiger partial charge in [0.05, 0.1) is 4.88 Å². The molecule has 0 unspecified atom stereocenters. The minimum atomic E-state index is -0.296. The van der Waals surface area contributed by atoms with E-state index in [0.29, 0.717) is 10.6 Å². The maximum absolute atomic E-state index is 13.0. The average Bonchev–Trinajstić information content (AvgIpc) is 2.74. The predicted molar refractivity (Wildman–Crippen MR) is 77.5 cm³/mol. The second kappa shape index (κ2) is 5.53. The second-order valence-electron chi connectivity index (χ2n) is 4.46. The molecule has 19 heavy (non-hydrogen) atoms. The standard InChI is InChI=1S/C15H16FNOS/c1-4-11-8-14(19-10(11)3)15(18)17-13-6-5-12(16)7-9(13)2/h5-8H,4H2,1-3H3,(H,17,18). The Bertz CT molecular complexity index is 619. The van der Waals surface area contributed by atoms with Gasteiger partial charge in [-0.05, 0) is 55.7 Å². The van der Waals surface area contributed by atoms with Gasteiger partial charge in [-0.3, -0.25) is 4.79 Å². The molecule has 100 valence electrons. The molecule has 4 heteroatoms. The Morgan fingerprint density at radius 2 is 2.05 bits per heavy atom. The smallest absolute Gasteiger partial charge is 0.265 e. The quantitative estimate of drug-likeness (QED) is 0.889. The lowest BCUT2D eigenvalue weighted by Gasteiger charge is -2.07. The molecule has 1 N–H and O–H groups in total. The molecule has 1 aromatic heterocycles. The summed E-state index contributed by atoms with van der Waals surface area (Å²) in [6, 6.07) is 6.27. The van der Waals surface area contributed by atoms with Crippen molar-refractivity contribution in [1.82, 2.24) is 0 Å². The van der Waals surface area contributed by atoms with Gasteiger partial charge < -0.3 is 5.32 Å². The molecule has 2 rings (SSSR count). The van der Waals surface area contributed by atoms with E-state index < -0.39 is 0 Å². The zero-order valence-electron chi connectivity index (χ0n) is 11.2. The van der Waals surface area contributed by atoms with Crippen LogP contribution in [0.15, 0.2) is 24.3 Å². The first-order chi connectivity index (χ1) is 9.01. The molecule has 0 saturated heterocycles. The lowest BCUT2D eigenvalue weighted by atomic mass is 10.2. The molecule has 0 aliphatic heterocycles. The number of hydrogen-bond donors (Lipinski definition) is 1. The first-order valence-electron chi connectivity index (χ1n) is 6.18. The van der Waals surface area contributed by atoms with Crippen LogP contribution in [0.25, 0.3) is 0 Å². The van der Waals surface area contributed by atoms with Crippen molar-refractivity contribution < 1.29 is 9.18 Å². The monoisotopic (exact) mass is 277 g/mol. The average molecular weight is 277 g/mol. The summed E-state index contributed by atoms with van der Waals surface area (Å²) in [7, 11) is 0. The van der Waals surface area contributed by atoms with E-state index in [0.717, 1.165) is 12.0 Å². The van der Waals surface area contributed by atoms with Gasteiger partial charge in [0, 0.05) is 10.6 Å². The van der Waals surface area contributed by atoms with E-state index in [1.54, 1.807) is 13.0 Å². The van der Waals surface area contributed by atoms with Crippen LogP contribution in [0.1, 0.15) is 32.6 Å². The Hall–Kier alpha value is -1.68. The minimum absolute atomic E-state index is 0.137. The SMILES string of the molecule is CCc1cc(C(=O)Nc2ccc(F)cc2C)sc1C. The topological polar surface area (TPSA) is 29.1 Å². The molecule has 0 spiro atoms. The Balaban J connectivity index is 2.20. The number of carbonyl (C=O) groups is 1. The summed E-state index contributed by atoms with van der Waals surface area (Å²) in [5, 5.41) is 2.82. The molecule has 1 heterocycles. The highest BCUT2D eigenvalue weighted by Crippen LogP contribution is 2.24. The summed E-state index contributed by atoms with van der Waals surface area (Å²) in [4.78, 5) is 14.0. The lowest BCUT2D eigenvalue weighted by molar-refractivity contribution is 0.103. The summed E-state index contributed by atoms with van der Waals surface area (Å²) in [5.41, 5.74) is 2.57. The van der Waals surface area contributed by atoms with Crippen molar-refractivity contribution in [2.45, 2.75) is 27.2 Å². The molecule has 1 amide bonds. The second-order valence-corrected chi connectivity index (χ2v) is 5.72. The predicted octanol–water partition coefficient (Wildman–Crippen LogP) is 4.32. The number of aryl methyl sites for hydroxylation is 3. The van der Waals surface area contributed by atoms with Crippen LogP contribution in [0.2, 0.25) is 0 Å². The molecule has 0 radical (unpaired) electrons. The van der Waals surface area contributed by atoms with Gasteiger partial charge in [0.2, 0.25) is 0 Å². The third kappa shape index (κ3) is 3.01. The van der Waals surface area contributed by atoms with Crippen LogP contribution >= 0.6 is 11.3 Å². The van der Waals surface area contributed by atoms with Crippen molar-refractivity contribution >= 4 is 22.9 Å². The van der Waals surface area contributed by atoms with Crippen molar-refractivity contribution in [3.63, 3.8) is 0 Å². The molecular formula is C15H16FNOS. The number of halogens is 1. The van der Waals surface area contributed by atoms with E-state index in [1.807, 2.05) is 13.0 Å². The summed E-state index contributed by atoms with van der Waals surface area (Å²) in [6.07, 6.45) is 0.922. The van der Waals surface area contributed by atoms with Crippen LogP contribution in [0.3, 0.4) is 0 Å². The maximum atomic E-state index is 13.0. The van der Waals surface area contributed by atoms with Crippen molar-refractivity contribution in [1.29, 1.82) is 0 Å². The molecule has 1 aromatic carbocycles. The highest BCUT2D eigenvalue weighted by atomic mass is 32.1. The van der Waals surface area contributed by atoms with Gasteiger partial charge in [-0.25, -0.2) is 4.39 Å². The van der Waals surface area contributed by atoms with E-state index >= 15 is 0 Å². The zero-order chi connectivity index (χ0) is 14.0. The summed E-state index contributed by atoms with van der Waals surface area (Å²) in [5.74, 6) is -0.432. The summed E-state index contributed by atoms with van der Waals surface area (Å²) in [6.45, 7) is 5.86. The van der Waals surface area contributed by atoms with Crippen LogP contribution < -0.4 is 5.32 Å². The van der Waals surface area contributed by atoms with E-state index in [4.69, 9.17) is 0 Å². The number of carbonyl (C=O) groups excluding carboxylic acids is 1. The highest BCUT2D eigenvalue weighted by Gasteiger charge is 2.12. The van der Waals surface area contributed by atoms with Gasteiger partial charge in [-0.1, -0.05) is 6.92 Å². The Morgan fingerprint density at radius 1 is 1.32 bits per heavy atom. The first-order valence-corrected chi connectivity index (χ1v) is 6.99. The van der Waals surface area contributed by atoms with Gasteiger partial charge in [0.25, 0.3) is 5.91 Å². The van der Waals surface area contributed by atoms with Crippen molar-refractivity contribution in [3.05, 3.63) is 51.0 Å². The molecule has 0 aliphatic rings. The van der Waals surface area contributed by atoms with Crippen LogP contribution in [-0.2, 0) is 6.42 Å². The Morgan fingerprint density at radius 3 is 2.63 bits per heavy atom. The normalized spacial score (nSPS) is 10.5. The Kier molecular flexibility index (Phi) is 4.00. The number of amides is 1. The Labute approximate surface area is 116 Å². The number of hydrogen-bond acceptors (Lipinski definition) is 2. The van der Waals surface area contributed by atoms with E-state index in [2.05, 4.69) is 12.2 Å². The van der Waals surface area contributed by atoms with E-state index in [-0.39, 0.29) is 11.7 Å². The molecule has 0 fully saturated rings. The van der Waals surface area contributed by atoms with Crippen molar-refractivity contribution in [3.8, 4) is 0 Å². The number of nitrogens with one attached hydrogen (secondary N) is 1. The third-order valence-electron chi connectivity index (χ3n) is 3.06. The lowest BCUT2D eigenvalue weighted by Crippen LogP contribution is -2.11. The van der Waals surface area contributed by atoms with Crippen molar-refractivity contribution in [2.75, 3.05) is 5.32 Å². The van der Waals surface area contributed by atoms with Gasteiger partial charge >= 0.3 is 0 Å². The van der Waals surface area contributed by atoms with E-state index in [9.17, 15) is 9.18 Å². The largest absolute Gasteiger partial charge is 0.321 e. The number of anilines is 1.